The number of hydrogen-bond acceptors (Lipinski definition) is 3. The van der Waals surface area contributed by atoms with E-state index in [1.807, 2.05) is 7.05 Å². The number of imidazole rings is 1. The summed E-state index contributed by atoms with van der Waals surface area (Å²) in [4.78, 5) is 4.97. The number of fused-ring (bicyclic) bond motifs is 1. The SMILES string of the molecule is CNc1ccc2c(c1)nc(C(C)(C)C)n2CC1CCCOCC1. The molecule has 0 saturated carbocycles. The van der Waals surface area contributed by atoms with Gasteiger partial charge >= 0.3 is 0 Å². The van der Waals surface area contributed by atoms with E-state index in [9.17, 15) is 0 Å². The van der Waals surface area contributed by atoms with Crippen LogP contribution in [-0.2, 0) is 16.7 Å². The monoisotopic (exact) mass is 315 g/mol. The number of anilines is 1. The molecule has 1 N–H and O–H groups in total. The zero-order valence-corrected chi connectivity index (χ0v) is 14.9. The van der Waals surface area contributed by atoms with Crippen LogP contribution in [0.5, 0.6) is 0 Å². The molecule has 3 rings (SSSR count). The van der Waals surface area contributed by atoms with Crippen molar-refractivity contribution in [2.24, 2.45) is 5.92 Å². The highest BCUT2D eigenvalue weighted by Gasteiger charge is 2.25. The molecule has 0 amide bonds. The molecule has 1 fully saturated rings. The predicted octanol–water partition coefficient (Wildman–Crippen LogP) is 4.19. The second kappa shape index (κ2) is 6.52. The van der Waals surface area contributed by atoms with Gasteiger partial charge in [0.15, 0.2) is 0 Å². The van der Waals surface area contributed by atoms with Crippen LogP contribution in [0, 0.1) is 5.92 Å². The second-order valence-corrected chi connectivity index (χ2v) is 7.66. The van der Waals surface area contributed by atoms with Crippen molar-refractivity contribution in [2.45, 2.75) is 52.0 Å². The van der Waals surface area contributed by atoms with Crippen LogP contribution in [0.1, 0.15) is 45.9 Å². The lowest BCUT2D eigenvalue weighted by Crippen LogP contribution is -2.22. The molecule has 0 bridgehead atoms. The normalized spacial score (nSPS) is 19.7. The number of benzene rings is 1. The van der Waals surface area contributed by atoms with E-state index in [0.29, 0.717) is 5.92 Å². The van der Waals surface area contributed by atoms with Crippen LogP contribution in [0.4, 0.5) is 5.69 Å². The average Bonchev–Trinajstić information content (AvgIpc) is 2.69. The number of aromatic nitrogens is 2. The fraction of sp³-hybridized carbons (Fsp3) is 0.632. The summed E-state index contributed by atoms with van der Waals surface area (Å²) in [6.45, 7) is 9.61. The van der Waals surface area contributed by atoms with Gasteiger partial charge in [0.1, 0.15) is 5.82 Å². The molecule has 0 spiro atoms. The number of rotatable bonds is 3. The van der Waals surface area contributed by atoms with Gasteiger partial charge in [0.2, 0.25) is 0 Å². The van der Waals surface area contributed by atoms with Gasteiger partial charge in [-0.05, 0) is 43.4 Å². The standard InChI is InChI=1S/C19H29N3O/c1-19(2,3)18-21-16-12-15(20-4)7-8-17(16)22(18)13-14-6-5-10-23-11-9-14/h7-8,12,14,20H,5-6,9-11,13H2,1-4H3. The smallest absolute Gasteiger partial charge is 0.115 e. The van der Waals surface area contributed by atoms with Gasteiger partial charge in [-0.15, -0.1) is 0 Å². The Morgan fingerprint density at radius 3 is 2.83 bits per heavy atom. The Hall–Kier alpha value is -1.55. The van der Waals surface area contributed by atoms with Gasteiger partial charge < -0.3 is 14.6 Å². The third kappa shape index (κ3) is 3.52. The minimum Gasteiger partial charge on any atom is -0.388 e. The highest BCUT2D eigenvalue weighted by atomic mass is 16.5. The van der Waals surface area contributed by atoms with Crippen molar-refractivity contribution in [3.63, 3.8) is 0 Å². The van der Waals surface area contributed by atoms with Crippen LogP contribution in [0.15, 0.2) is 18.2 Å². The molecule has 0 aliphatic carbocycles. The van der Waals surface area contributed by atoms with E-state index in [1.165, 1.54) is 24.2 Å². The molecule has 0 radical (unpaired) electrons. The summed E-state index contributed by atoms with van der Waals surface area (Å²) in [7, 11) is 1.95. The minimum atomic E-state index is 0.0417. The fourth-order valence-corrected chi connectivity index (χ4v) is 3.45. The van der Waals surface area contributed by atoms with Crippen LogP contribution in [0.3, 0.4) is 0 Å². The van der Waals surface area contributed by atoms with E-state index in [1.54, 1.807) is 0 Å². The first-order valence-electron chi connectivity index (χ1n) is 8.75. The largest absolute Gasteiger partial charge is 0.388 e. The van der Waals surface area contributed by atoms with Gasteiger partial charge in [0.05, 0.1) is 11.0 Å². The minimum absolute atomic E-state index is 0.0417. The Labute approximate surface area is 139 Å². The zero-order chi connectivity index (χ0) is 16.4. The lowest BCUT2D eigenvalue weighted by molar-refractivity contribution is 0.140. The summed E-state index contributed by atoms with van der Waals surface area (Å²) < 4.78 is 8.08. The van der Waals surface area contributed by atoms with Crippen LogP contribution < -0.4 is 5.32 Å². The van der Waals surface area contributed by atoms with Gasteiger partial charge in [0, 0.05) is 37.9 Å². The Bertz CT molecular complexity index is 661. The lowest BCUT2D eigenvalue weighted by Gasteiger charge is -2.23. The summed E-state index contributed by atoms with van der Waals surface area (Å²) >= 11 is 0. The molecule has 2 heterocycles. The molecule has 1 unspecified atom stereocenters. The van der Waals surface area contributed by atoms with Gasteiger partial charge in [-0.25, -0.2) is 4.98 Å². The van der Waals surface area contributed by atoms with Crippen molar-refractivity contribution < 1.29 is 4.74 Å². The van der Waals surface area contributed by atoms with E-state index < -0.39 is 0 Å². The molecule has 1 aliphatic rings. The first-order valence-corrected chi connectivity index (χ1v) is 8.75. The van der Waals surface area contributed by atoms with E-state index in [0.717, 1.165) is 37.4 Å². The molecule has 1 aliphatic heterocycles. The first kappa shape index (κ1) is 16.3. The first-order chi connectivity index (χ1) is 11.0. The Kier molecular flexibility index (Phi) is 4.62. The molecular weight excluding hydrogens is 286 g/mol. The summed E-state index contributed by atoms with van der Waals surface area (Å²) in [5.74, 6) is 1.87. The predicted molar refractivity (Wildman–Crippen MR) is 96.1 cm³/mol. The summed E-state index contributed by atoms with van der Waals surface area (Å²) in [6, 6.07) is 6.50. The van der Waals surface area contributed by atoms with Gasteiger partial charge in [-0.3, -0.25) is 0 Å². The average molecular weight is 315 g/mol. The summed E-state index contributed by atoms with van der Waals surface area (Å²) in [6.07, 6.45) is 3.57. The van der Waals surface area contributed by atoms with Gasteiger partial charge in [0.25, 0.3) is 0 Å². The van der Waals surface area contributed by atoms with Crippen molar-refractivity contribution in [1.29, 1.82) is 0 Å². The molecule has 1 atom stereocenters. The highest BCUT2D eigenvalue weighted by Crippen LogP contribution is 2.30. The number of ether oxygens (including phenoxy) is 1. The maximum atomic E-state index is 5.63. The molecule has 4 heteroatoms. The van der Waals surface area contributed by atoms with Crippen molar-refractivity contribution in [3.05, 3.63) is 24.0 Å². The summed E-state index contributed by atoms with van der Waals surface area (Å²) in [5.41, 5.74) is 3.50. The lowest BCUT2D eigenvalue weighted by atomic mass is 9.94. The van der Waals surface area contributed by atoms with Gasteiger partial charge in [-0.1, -0.05) is 20.8 Å². The number of hydrogen-bond donors (Lipinski definition) is 1. The van der Waals surface area contributed by atoms with E-state index in [2.05, 4.69) is 48.9 Å². The Balaban J connectivity index is 2.01. The Morgan fingerprint density at radius 1 is 1.26 bits per heavy atom. The summed E-state index contributed by atoms with van der Waals surface area (Å²) in [5, 5.41) is 3.21. The second-order valence-electron chi connectivity index (χ2n) is 7.66. The zero-order valence-electron chi connectivity index (χ0n) is 14.9. The third-order valence-corrected chi connectivity index (χ3v) is 4.72. The van der Waals surface area contributed by atoms with Crippen molar-refractivity contribution in [2.75, 3.05) is 25.6 Å². The number of nitrogens with zero attached hydrogens (tertiary/aromatic N) is 2. The van der Waals surface area contributed by atoms with E-state index in [-0.39, 0.29) is 5.41 Å². The van der Waals surface area contributed by atoms with E-state index in [4.69, 9.17) is 9.72 Å². The van der Waals surface area contributed by atoms with Crippen LogP contribution in [-0.4, -0.2) is 29.8 Å². The molecule has 1 aromatic heterocycles. The molecule has 2 aromatic rings. The molecular formula is C19H29N3O. The molecule has 1 saturated heterocycles. The van der Waals surface area contributed by atoms with Crippen molar-refractivity contribution in [3.8, 4) is 0 Å². The highest BCUT2D eigenvalue weighted by molar-refractivity contribution is 5.80. The van der Waals surface area contributed by atoms with Gasteiger partial charge in [-0.2, -0.15) is 0 Å². The molecule has 4 nitrogen and oxygen atoms in total. The van der Waals surface area contributed by atoms with Crippen LogP contribution in [0.25, 0.3) is 11.0 Å². The van der Waals surface area contributed by atoms with Crippen molar-refractivity contribution >= 4 is 16.7 Å². The molecule has 1 aromatic carbocycles. The topological polar surface area (TPSA) is 39.1 Å². The Morgan fingerprint density at radius 2 is 2.09 bits per heavy atom. The molecule has 126 valence electrons. The van der Waals surface area contributed by atoms with E-state index >= 15 is 0 Å². The maximum Gasteiger partial charge on any atom is 0.115 e. The van der Waals surface area contributed by atoms with Crippen molar-refractivity contribution in [1.82, 2.24) is 9.55 Å². The quantitative estimate of drug-likeness (QED) is 0.923. The van der Waals surface area contributed by atoms with Crippen LogP contribution in [0.2, 0.25) is 0 Å². The van der Waals surface area contributed by atoms with Crippen LogP contribution >= 0.6 is 0 Å². The maximum absolute atomic E-state index is 5.63. The third-order valence-electron chi connectivity index (χ3n) is 4.72. The number of nitrogens with one attached hydrogen (secondary N) is 1. The molecule has 23 heavy (non-hydrogen) atoms. The fourth-order valence-electron chi connectivity index (χ4n) is 3.45.